The highest BCUT2D eigenvalue weighted by Crippen LogP contribution is 2.59. The minimum absolute atomic E-state index is 0.0549. The van der Waals surface area contributed by atoms with E-state index in [1.807, 2.05) is 0 Å². The van der Waals surface area contributed by atoms with E-state index in [2.05, 4.69) is 0 Å². The molecule has 0 saturated carbocycles. The molecule has 7 N–H and O–H groups in total. The molecule has 258 valence electrons. The lowest BCUT2D eigenvalue weighted by atomic mass is 9.79. The summed E-state index contributed by atoms with van der Waals surface area (Å²) in [6, 6.07) is -1.75. The molecule has 0 bridgehead atoms. The summed E-state index contributed by atoms with van der Waals surface area (Å²) in [5.74, 6) is 0. The van der Waals surface area contributed by atoms with Crippen LogP contribution >= 0.6 is 0 Å². The molecule has 0 amide bonds. The van der Waals surface area contributed by atoms with E-state index in [1.54, 1.807) is 0 Å². The van der Waals surface area contributed by atoms with Crippen molar-refractivity contribution in [3.05, 3.63) is 47.0 Å². The normalized spacial score (nSPS) is 15.2. The minimum Gasteiger partial charge on any atom is -0.398 e. The maximum atomic E-state index is 14.0. The quantitative estimate of drug-likeness (QED) is 0.114. The molecular formula is C23H12F18N2O3. The average molecular weight is 706 g/mol. The molecule has 0 aliphatic rings. The molecule has 0 spiro atoms. The first-order valence-electron chi connectivity index (χ1n) is 11.3. The summed E-state index contributed by atoms with van der Waals surface area (Å²) < 4.78 is 247. The van der Waals surface area contributed by atoms with Crippen LogP contribution in [0, 0.1) is 0 Å². The van der Waals surface area contributed by atoms with Gasteiger partial charge in [0.1, 0.15) is 0 Å². The van der Waals surface area contributed by atoms with Crippen molar-refractivity contribution in [1.82, 2.24) is 0 Å². The van der Waals surface area contributed by atoms with Gasteiger partial charge < -0.3 is 26.8 Å². The van der Waals surface area contributed by atoms with Gasteiger partial charge in [0.05, 0.1) is 0 Å². The average Bonchev–Trinajstić information content (AvgIpc) is 2.83. The van der Waals surface area contributed by atoms with E-state index in [0.29, 0.717) is 0 Å². The van der Waals surface area contributed by atoms with Crippen molar-refractivity contribution in [2.75, 3.05) is 11.5 Å². The predicted octanol–water partition coefficient (Wildman–Crippen LogP) is 7.09. The van der Waals surface area contributed by atoms with Gasteiger partial charge >= 0.3 is 37.1 Å². The van der Waals surface area contributed by atoms with Crippen LogP contribution in [0.5, 0.6) is 0 Å². The molecule has 23 heteroatoms. The van der Waals surface area contributed by atoms with E-state index in [0.717, 1.165) is 0 Å². The van der Waals surface area contributed by atoms with E-state index in [9.17, 15) is 94.3 Å². The van der Waals surface area contributed by atoms with Crippen molar-refractivity contribution in [2.45, 2.75) is 53.9 Å². The number of fused-ring (bicyclic) bond motifs is 3. The van der Waals surface area contributed by atoms with Gasteiger partial charge in [-0.05, 0) is 16.8 Å². The van der Waals surface area contributed by atoms with Gasteiger partial charge in [-0.25, -0.2) is 0 Å². The number of hydrogen-bond donors (Lipinski definition) is 5. The molecule has 0 aliphatic carbocycles. The lowest BCUT2D eigenvalue weighted by molar-refractivity contribution is -0.378. The molecular weight excluding hydrogens is 694 g/mol. The lowest BCUT2D eigenvalue weighted by Gasteiger charge is -2.37. The zero-order chi connectivity index (χ0) is 36.2. The Morgan fingerprint density at radius 2 is 0.652 bits per heavy atom. The molecule has 5 nitrogen and oxygen atoms in total. The third-order valence-electron chi connectivity index (χ3n) is 7.01. The van der Waals surface area contributed by atoms with Crippen LogP contribution in [0.3, 0.4) is 0 Å². The number of halogens is 18. The first kappa shape index (κ1) is 36.9. The monoisotopic (exact) mass is 706 g/mol. The zero-order valence-electron chi connectivity index (χ0n) is 21.2. The standard InChI is InChI=1S/C23H12F18N2O3/c24-18(25,26)15(44,19(27,28)29)9-4-3-6-7(13(9)42)1-2-8-12(6)10(16(45,20(30,31)32)21(33,34)35)5-11(14(8)43)17(46,22(36,37)38)23(39,40)41/h1-5,44-46H,42-43H2. The molecule has 0 aromatic heterocycles. The number of nitrogens with two attached hydrogens (primary N) is 2. The smallest absolute Gasteiger partial charge is 0.398 e. The summed E-state index contributed by atoms with van der Waals surface area (Å²) in [7, 11) is 0. The molecule has 3 aromatic rings. The van der Waals surface area contributed by atoms with Crippen LogP contribution in [-0.4, -0.2) is 52.4 Å². The van der Waals surface area contributed by atoms with Crippen LogP contribution in [0.2, 0.25) is 0 Å². The number of hydrogen-bond acceptors (Lipinski definition) is 5. The highest BCUT2D eigenvalue weighted by atomic mass is 19.4. The van der Waals surface area contributed by atoms with Crippen molar-refractivity contribution in [3.63, 3.8) is 0 Å². The van der Waals surface area contributed by atoms with Gasteiger partial charge in [0.25, 0.3) is 16.8 Å². The number of benzene rings is 3. The highest BCUT2D eigenvalue weighted by Gasteiger charge is 2.75. The van der Waals surface area contributed by atoms with Crippen LogP contribution in [0.25, 0.3) is 21.5 Å². The molecule has 46 heavy (non-hydrogen) atoms. The summed E-state index contributed by atoms with van der Waals surface area (Å²) in [5, 5.41) is 23.1. The van der Waals surface area contributed by atoms with Crippen molar-refractivity contribution >= 4 is 32.9 Å². The Kier molecular flexibility index (Phi) is 7.98. The van der Waals surface area contributed by atoms with Crippen LogP contribution in [0.15, 0.2) is 30.3 Å². The predicted molar refractivity (Wildman–Crippen MR) is 118 cm³/mol. The Labute approximate surface area is 240 Å². The number of alkyl halides is 18. The van der Waals surface area contributed by atoms with Gasteiger partial charge in [-0.1, -0.05) is 24.3 Å². The maximum absolute atomic E-state index is 14.0. The van der Waals surface area contributed by atoms with E-state index < -0.39 is 116 Å². The van der Waals surface area contributed by atoms with Crippen LogP contribution < -0.4 is 11.5 Å². The molecule has 0 atom stereocenters. The van der Waals surface area contributed by atoms with Gasteiger partial charge in [-0.3, -0.25) is 0 Å². The Morgan fingerprint density at radius 1 is 0.370 bits per heavy atom. The Bertz CT molecular complexity index is 1640. The van der Waals surface area contributed by atoms with E-state index >= 15 is 0 Å². The van der Waals surface area contributed by atoms with Crippen molar-refractivity contribution in [3.8, 4) is 0 Å². The summed E-state index contributed by atoms with van der Waals surface area (Å²) in [4.78, 5) is 0. The van der Waals surface area contributed by atoms with Crippen molar-refractivity contribution in [1.29, 1.82) is 0 Å². The first-order valence-corrected chi connectivity index (χ1v) is 11.3. The molecule has 3 rings (SSSR count). The van der Waals surface area contributed by atoms with Gasteiger partial charge in [0.2, 0.25) is 0 Å². The van der Waals surface area contributed by atoms with E-state index in [1.165, 1.54) is 0 Å². The van der Waals surface area contributed by atoms with Crippen molar-refractivity contribution < 1.29 is 94.3 Å². The second-order valence-corrected chi connectivity index (χ2v) is 9.61. The van der Waals surface area contributed by atoms with Gasteiger partial charge in [0, 0.05) is 38.8 Å². The van der Waals surface area contributed by atoms with Crippen LogP contribution in [0.4, 0.5) is 90.4 Å². The van der Waals surface area contributed by atoms with E-state index in [4.69, 9.17) is 11.5 Å². The molecule has 0 saturated heterocycles. The zero-order valence-corrected chi connectivity index (χ0v) is 21.2. The Balaban J connectivity index is 2.79. The summed E-state index contributed by atoms with van der Waals surface area (Å²) in [5.41, 5.74) is -20.1. The molecule has 0 heterocycles. The van der Waals surface area contributed by atoms with Gasteiger partial charge in [-0.15, -0.1) is 0 Å². The molecule has 0 unspecified atom stereocenters. The minimum atomic E-state index is -7.10. The topological polar surface area (TPSA) is 113 Å². The second kappa shape index (κ2) is 9.95. The van der Waals surface area contributed by atoms with Crippen LogP contribution in [0.1, 0.15) is 16.7 Å². The first-order chi connectivity index (χ1) is 20.1. The van der Waals surface area contributed by atoms with E-state index in [-0.39, 0.29) is 18.2 Å². The third-order valence-corrected chi connectivity index (χ3v) is 7.01. The molecule has 0 radical (unpaired) electrons. The fraction of sp³-hybridized carbons (Fsp3) is 0.391. The maximum Gasteiger partial charge on any atom is 0.430 e. The fourth-order valence-electron chi connectivity index (χ4n) is 4.68. The van der Waals surface area contributed by atoms with Gasteiger partial charge in [-0.2, -0.15) is 79.0 Å². The summed E-state index contributed by atoms with van der Waals surface area (Å²) >= 11 is 0. The van der Waals surface area contributed by atoms with Gasteiger partial charge in [0.15, 0.2) is 0 Å². The van der Waals surface area contributed by atoms with Crippen LogP contribution in [-0.2, 0) is 16.8 Å². The summed E-state index contributed by atoms with van der Waals surface area (Å²) in [6.45, 7) is 0. The Morgan fingerprint density at radius 3 is 1.02 bits per heavy atom. The molecule has 0 aliphatic heterocycles. The lowest BCUT2D eigenvalue weighted by Crippen LogP contribution is -2.56. The largest absolute Gasteiger partial charge is 0.430 e. The summed E-state index contributed by atoms with van der Waals surface area (Å²) in [6.07, 6.45) is -41.5. The number of nitrogen functional groups attached to an aromatic ring is 2. The molecule has 3 aromatic carbocycles. The number of rotatable bonds is 3. The highest BCUT2D eigenvalue weighted by molar-refractivity contribution is 6.16. The molecule has 0 fully saturated rings. The fourth-order valence-corrected chi connectivity index (χ4v) is 4.68. The Hall–Kier alpha value is -3.60. The number of aliphatic hydroxyl groups is 3. The third kappa shape index (κ3) is 4.79. The second-order valence-electron chi connectivity index (χ2n) is 9.61. The van der Waals surface area contributed by atoms with Crippen molar-refractivity contribution in [2.24, 2.45) is 0 Å². The number of anilines is 2. The SMILES string of the molecule is Nc1c(C(O)(C(F)(F)F)C(F)(F)F)ccc2c1ccc1c(N)c(C(O)(C(F)(F)F)C(F)(F)F)cc(C(O)(C(F)(F)F)C(F)(F)F)c12.